The first-order valence-electron chi connectivity index (χ1n) is 10.3. The van der Waals surface area contributed by atoms with E-state index in [1.165, 1.54) is 45.2 Å². The number of carbonyl (C=O) groups excluding carboxylic acids is 1. The van der Waals surface area contributed by atoms with Crippen molar-refractivity contribution in [2.45, 2.75) is 25.6 Å². The molecule has 2 aromatic rings. The van der Waals surface area contributed by atoms with Crippen molar-refractivity contribution in [3.63, 3.8) is 0 Å². The van der Waals surface area contributed by atoms with Crippen LogP contribution in [0, 0.1) is 5.82 Å². The largest absolute Gasteiger partial charge is 0.493 e. The number of halogens is 1. The summed E-state index contributed by atoms with van der Waals surface area (Å²) in [5.41, 5.74) is 2.52. The number of rotatable bonds is 8. The number of benzene rings is 2. The van der Waals surface area contributed by atoms with E-state index in [9.17, 15) is 9.18 Å². The summed E-state index contributed by atoms with van der Waals surface area (Å²) in [6, 6.07) is 9.29. The lowest BCUT2D eigenvalue weighted by molar-refractivity contribution is -0.138. The van der Waals surface area contributed by atoms with Gasteiger partial charge in [0.2, 0.25) is 5.75 Å². The maximum Gasteiger partial charge on any atom is 0.338 e. The summed E-state index contributed by atoms with van der Waals surface area (Å²) in [7, 11) is 4.58. The van der Waals surface area contributed by atoms with Gasteiger partial charge in [-0.15, -0.1) is 0 Å². The van der Waals surface area contributed by atoms with Gasteiger partial charge in [-0.2, -0.15) is 0 Å². The van der Waals surface area contributed by atoms with Gasteiger partial charge in [-0.05, 0) is 49.2 Å². The average molecular weight is 475 g/mol. The number of methoxy groups -OCH3 is 3. The van der Waals surface area contributed by atoms with Crippen LogP contribution < -0.4 is 19.5 Å². The summed E-state index contributed by atoms with van der Waals surface area (Å²) in [5, 5.41) is 3.78. The molecule has 0 aliphatic carbocycles. The molecule has 0 spiro atoms. The Hall–Kier alpha value is -3.20. The number of carbonyl (C=O) groups is 1. The number of ether oxygens (including phenoxy) is 4. The number of esters is 1. The lowest BCUT2D eigenvalue weighted by atomic mass is 9.96. The molecule has 7 nitrogen and oxygen atoms in total. The Labute approximate surface area is 197 Å². The van der Waals surface area contributed by atoms with Crippen molar-refractivity contribution in [3.8, 4) is 17.2 Å². The van der Waals surface area contributed by atoms with Crippen LogP contribution in [0.15, 0.2) is 52.7 Å². The lowest BCUT2D eigenvalue weighted by Crippen LogP contribution is -2.30. The van der Waals surface area contributed by atoms with Crippen molar-refractivity contribution >= 4 is 22.9 Å². The lowest BCUT2D eigenvalue weighted by Gasteiger charge is -2.26. The van der Waals surface area contributed by atoms with Crippen molar-refractivity contribution in [2.24, 2.45) is 4.99 Å². The fourth-order valence-electron chi connectivity index (χ4n) is 3.47. The van der Waals surface area contributed by atoms with Crippen LogP contribution in [0.4, 0.5) is 4.39 Å². The van der Waals surface area contributed by atoms with Gasteiger partial charge in [-0.25, -0.2) is 14.2 Å². The second-order valence-electron chi connectivity index (χ2n) is 7.10. The third-order valence-corrected chi connectivity index (χ3v) is 5.94. The zero-order valence-electron chi connectivity index (χ0n) is 19.2. The maximum atomic E-state index is 13.5. The monoisotopic (exact) mass is 474 g/mol. The fraction of sp³-hybridized carbons (Fsp3) is 0.333. The Morgan fingerprint density at radius 1 is 1.12 bits per heavy atom. The van der Waals surface area contributed by atoms with E-state index < -0.39 is 12.0 Å². The molecule has 0 unspecified atom stereocenters. The summed E-state index contributed by atoms with van der Waals surface area (Å²) in [5.74, 6) is 1.11. The summed E-state index contributed by atoms with van der Waals surface area (Å²) >= 11 is 1.41. The van der Waals surface area contributed by atoms with Crippen molar-refractivity contribution in [1.29, 1.82) is 0 Å². The van der Waals surface area contributed by atoms with Crippen LogP contribution >= 0.6 is 11.8 Å². The molecule has 1 N–H and O–H groups in total. The van der Waals surface area contributed by atoms with Crippen LogP contribution in [0.3, 0.4) is 0 Å². The minimum atomic E-state index is -0.658. The number of aliphatic imine (C=N–C) groups is 1. The van der Waals surface area contributed by atoms with E-state index in [1.807, 2.05) is 6.07 Å². The number of hydrogen-bond acceptors (Lipinski definition) is 8. The number of nitrogens with one attached hydrogen (secondary N) is 1. The van der Waals surface area contributed by atoms with Gasteiger partial charge in [0.05, 0.1) is 33.5 Å². The van der Waals surface area contributed by atoms with Crippen LogP contribution in [-0.4, -0.2) is 39.1 Å². The van der Waals surface area contributed by atoms with E-state index in [0.717, 1.165) is 5.56 Å². The van der Waals surface area contributed by atoms with Gasteiger partial charge < -0.3 is 24.3 Å². The molecule has 1 heterocycles. The molecule has 1 atom stereocenters. The molecule has 0 amide bonds. The van der Waals surface area contributed by atoms with E-state index >= 15 is 0 Å². The van der Waals surface area contributed by atoms with E-state index in [2.05, 4.69) is 5.32 Å². The van der Waals surface area contributed by atoms with Crippen molar-refractivity contribution < 1.29 is 28.1 Å². The second-order valence-corrected chi connectivity index (χ2v) is 8.06. The quantitative estimate of drug-likeness (QED) is 0.559. The molecule has 1 aliphatic heterocycles. The Balaban J connectivity index is 2.02. The predicted octanol–water partition coefficient (Wildman–Crippen LogP) is 4.62. The molecule has 3 rings (SSSR count). The predicted molar refractivity (Wildman–Crippen MR) is 126 cm³/mol. The molecule has 33 heavy (non-hydrogen) atoms. The van der Waals surface area contributed by atoms with Crippen molar-refractivity contribution in [1.82, 2.24) is 5.32 Å². The topological polar surface area (TPSA) is 78.4 Å². The highest BCUT2D eigenvalue weighted by Gasteiger charge is 2.32. The highest BCUT2D eigenvalue weighted by molar-refractivity contribution is 8.13. The number of hydrogen-bond donors (Lipinski definition) is 1. The van der Waals surface area contributed by atoms with Crippen LogP contribution in [0.5, 0.6) is 17.2 Å². The molecule has 1 aliphatic rings. The van der Waals surface area contributed by atoms with E-state index in [1.54, 1.807) is 32.0 Å². The molecule has 176 valence electrons. The van der Waals surface area contributed by atoms with Gasteiger partial charge >= 0.3 is 5.97 Å². The molecule has 9 heteroatoms. The molecule has 0 aromatic heterocycles. The molecule has 0 saturated carbocycles. The number of allylic oxidation sites excluding steroid dienone is 1. The van der Waals surface area contributed by atoms with Crippen LogP contribution in [0.1, 0.15) is 31.0 Å². The first-order valence-corrected chi connectivity index (χ1v) is 11.3. The maximum absolute atomic E-state index is 13.5. The summed E-state index contributed by atoms with van der Waals surface area (Å²) in [6.45, 7) is 3.79. The van der Waals surface area contributed by atoms with Crippen LogP contribution in [0.2, 0.25) is 0 Å². The average Bonchev–Trinajstić information content (AvgIpc) is 2.81. The highest BCUT2D eigenvalue weighted by Crippen LogP contribution is 2.43. The van der Waals surface area contributed by atoms with Crippen molar-refractivity contribution in [2.75, 3.05) is 27.9 Å². The number of amidine groups is 1. The zero-order chi connectivity index (χ0) is 24.0. The second kappa shape index (κ2) is 11.1. The Morgan fingerprint density at radius 3 is 2.39 bits per heavy atom. The highest BCUT2D eigenvalue weighted by atomic mass is 32.2. The molecular weight excluding hydrogens is 447 g/mol. The Kier molecular flexibility index (Phi) is 8.21. The molecular formula is C24H27FN2O5S. The van der Waals surface area contributed by atoms with E-state index in [0.29, 0.717) is 45.0 Å². The van der Waals surface area contributed by atoms with E-state index in [-0.39, 0.29) is 12.4 Å². The molecule has 0 bridgehead atoms. The molecule has 2 aromatic carbocycles. The Bertz CT molecular complexity index is 1060. The third kappa shape index (κ3) is 5.60. The van der Waals surface area contributed by atoms with Gasteiger partial charge in [0.25, 0.3) is 0 Å². The van der Waals surface area contributed by atoms with Crippen molar-refractivity contribution in [3.05, 3.63) is 64.6 Å². The van der Waals surface area contributed by atoms with Gasteiger partial charge in [0.15, 0.2) is 16.7 Å². The minimum absolute atomic E-state index is 0.239. The zero-order valence-corrected chi connectivity index (χ0v) is 20.0. The molecule has 0 saturated heterocycles. The smallest absolute Gasteiger partial charge is 0.338 e. The van der Waals surface area contributed by atoms with E-state index in [4.69, 9.17) is 23.9 Å². The SMILES string of the molecule is CCOC(=O)C1=C(C)NC(SCc2cccc(F)c2)=N[C@H]1c1cc(OC)c(OC)c(OC)c1. The summed E-state index contributed by atoms with van der Waals surface area (Å²) in [6.07, 6.45) is 0. The van der Waals surface area contributed by atoms with Gasteiger partial charge in [0, 0.05) is 11.4 Å². The van der Waals surface area contributed by atoms with Gasteiger partial charge in [-0.3, -0.25) is 0 Å². The van der Waals surface area contributed by atoms with Crippen LogP contribution in [-0.2, 0) is 15.3 Å². The van der Waals surface area contributed by atoms with Gasteiger partial charge in [0.1, 0.15) is 11.9 Å². The van der Waals surface area contributed by atoms with Gasteiger partial charge in [-0.1, -0.05) is 23.9 Å². The normalized spacial score (nSPS) is 15.5. The molecule has 0 radical (unpaired) electrons. The number of nitrogens with zero attached hydrogens (tertiary/aromatic N) is 1. The third-order valence-electron chi connectivity index (χ3n) is 4.98. The minimum Gasteiger partial charge on any atom is -0.493 e. The van der Waals surface area contributed by atoms with Crippen LogP contribution in [0.25, 0.3) is 0 Å². The summed E-state index contributed by atoms with van der Waals surface area (Å²) in [4.78, 5) is 17.6. The fourth-order valence-corrected chi connectivity index (χ4v) is 4.36. The standard InChI is InChI=1S/C24H27FN2O5S/c1-6-32-23(28)20-14(2)26-24(33-13-15-8-7-9-17(25)10-15)27-21(20)16-11-18(29-3)22(31-5)19(12-16)30-4/h7-12,21H,6,13H2,1-5H3,(H,26,27)/t21-/m0/s1. The number of thioether (sulfide) groups is 1. The first-order chi connectivity index (χ1) is 15.9. The molecule has 0 fully saturated rings. The summed E-state index contributed by atoms with van der Waals surface area (Å²) < 4.78 is 35.2. The Morgan fingerprint density at radius 2 is 1.82 bits per heavy atom. The first kappa shape index (κ1) is 24.4.